The Balaban J connectivity index is 2.07. The van der Waals surface area contributed by atoms with Gasteiger partial charge in [-0.15, -0.1) is 0 Å². The maximum absolute atomic E-state index is 8.97. The van der Waals surface area contributed by atoms with E-state index in [2.05, 4.69) is 9.97 Å². The zero-order valence-electron chi connectivity index (χ0n) is 11.5. The second kappa shape index (κ2) is 5.80. The summed E-state index contributed by atoms with van der Waals surface area (Å²) in [6.07, 6.45) is 0. The predicted molar refractivity (Wildman–Crippen MR) is 72.9 cm³/mol. The van der Waals surface area contributed by atoms with E-state index in [9.17, 15) is 0 Å². The van der Waals surface area contributed by atoms with Crippen molar-refractivity contribution < 1.29 is 9.84 Å². The molecule has 0 amide bonds. The summed E-state index contributed by atoms with van der Waals surface area (Å²) in [6, 6.07) is 7.37. The average Bonchev–Trinajstić information content (AvgIpc) is 2.42. The number of aliphatic hydroxyl groups is 1. The Hall–Kier alpha value is -1.94. The Morgan fingerprint density at radius 1 is 0.947 bits per heavy atom. The van der Waals surface area contributed by atoms with E-state index in [-0.39, 0.29) is 6.61 Å². The number of nitrogens with zero attached hydrogens (tertiary/aromatic N) is 2. The highest BCUT2D eigenvalue weighted by Crippen LogP contribution is 2.15. The minimum Gasteiger partial charge on any atom is -0.487 e. The summed E-state index contributed by atoms with van der Waals surface area (Å²) < 4.78 is 5.68. The van der Waals surface area contributed by atoms with Crippen LogP contribution in [0.15, 0.2) is 24.3 Å². The van der Waals surface area contributed by atoms with Gasteiger partial charge >= 0.3 is 0 Å². The number of aryl methyl sites for hydroxylation is 3. The second-order valence-electron chi connectivity index (χ2n) is 4.52. The molecule has 1 heterocycles. The monoisotopic (exact) mass is 258 g/mol. The van der Waals surface area contributed by atoms with Gasteiger partial charge in [0.1, 0.15) is 12.4 Å². The first-order valence-electron chi connectivity index (χ1n) is 6.23. The van der Waals surface area contributed by atoms with E-state index in [1.165, 1.54) is 0 Å². The molecule has 4 nitrogen and oxygen atoms in total. The van der Waals surface area contributed by atoms with Crippen molar-refractivity contribution >= 4 is 0 Å². The van der Waals surface area contributed by atoms with Crippen molar-refractivity contribution in [3.63, 3.8) is 0 Å². The van der Waals surface area contributed by atoms with Gasteiger partial charge in [-0.3, -0.25) is 9.97 Å². The largest absolute Gasteiger partial charge is 0.487 e. The second-order valence-corrected chi connectivity index (χ2v) is 4.52. The molecule has 0 bridgehead atoms. The maximum atomic E-state index is 8.97. The molecule has 100 valence electrons. The smallest absolute Gasteiger partial charge is 0.132 e. The first-order valence-corrected chi connectivity index (χ1v) is 6.23. The molecule has 0 aliphatic carbocycles. The van der Waals surface area contributed by atoms with Crippen molar-refractivity contribution in [2.45, 2.75) is 34.0 Å². The first-order chi connectivity index (χ1) is 9.10. The number of hydrogen-bond donors (Lipinski definition) is 1. The summed E-state index contributed by atoms with van der Waals surface area (Å²) in [7, 11) is 0. The highest BCUT2D eigenvalue weighted by Gasteiger charge is 2.06. The van der Waals surface area contributed by atoms with Gasteiger partial charge in [-0.05, 0) is 38.5 Å². The lowest BCUT2D eigenvalue weighted by molar-refractivity contribution is 0.280. The summed E-state index contributed by atoms with van der Waals surface area (Å²) in [6.45, 7) is 6.28. The number of rotatable bonds is 4. The summed E-state index contributed by atoms with van der Waals surface area (Å²) in [5, 5.41) is 8.97. The van der Waals surface area contributed by atoms with Gasteiger partial charge in [0.2, 0.25) is 0 Å². The standard InChI is InChI=1S/C15H18N2O2/c1-10-11(2)17-15(12(3)16-10)9-19-14-6-4-13(8-18)5-7-14/h4-7,18H,8-9H2,1-3H3. The Kier molecular flexibility index (Phi) is 4.12. The summed E-state index contributed by atoms with van der Waals surface area (Å²) in [5.74, 6) is 0.761. The van der Waals surface area contributed by atoms with E-state index in [0.29, 0.717) is 6.61 Å². The third-order valence-electron chi connectivity index (χ3n) is 3.06. The molecule has 1 aromatic heterocycles. The molecule has 0 radical (unpaired) electrons. The van der Waals surface area contributed by atoms with E-state index in [1.807, 2.05) is 45.0 Å². The summed E-state index contributed by atoms with van der Waals surface area (Å²) in [4.78, 5) is 8.93. The Morgan fingerprint density at radius 2 is 1.58 bits per heavy atom. The van der Waals surface area contributed by atoms with Crippen LogP contribution in [0.1, 0.15) is 28.3 Å². The Bertz CT molecular complexity index is 565. The van der Waals surface area contributed by atoms with Crippen molar-refractivity contribution in [1.29, 1.82) is 0 Å². The molecule has 0 aliphatic heterocycles. The van der Waals surface area contributed by atoms with Crippen molar-refractivity contribution in [3.8, 4) is 5.75 Å². The molecule has 19 heavy (non-hydrogen) atoms. The van der Waals surface area contributed by atoms with Gasteiger partial charge in [-0.25, -0.2) is 0 Å². The molecule has 0 aliphatic rings. The van der Waals surface area contributed by atoms with Gasteiger partial charge in [-0.1, -0.05) is 12.1 Å². The molecule has 0 spiro atoms. The Labute approximate surface area is 113 Å². The first kappa shape index (κ1) is 13.5. The van der Waals surface area contributed by atoms with Gasteiger partial charge in [0.25, 0.3) is 0 Å². The fourth-order valence-corrected chi connectivity index (χ4v) is 1.74. The molecule has 4 heteroatoms. The van der Waals surface area contributed by atoms with Gasteiger partial charge in [0.15, 0.2) is 0 Å². The van der Waals surface area contributed by atoms with Crippen molar-refractivity contribution in [3.05, 3.63) is 52.6 Å². The third-order valence-corrected chi connectivity index (χ3v) is 3.06. The SMILES string of the molecule is Cc1nc(C)c(COc2ccc(CO)cc2)nc1C. The van der Waals surface area contributed by atoms with Crippen LogP contribution < -0.4 is 4.74 Å². The number of ether oxygens (including phenoxy) is 1. The highest BCUT2D eigenvalue weighted by molar-refractivity contribution is 5.27. The predicted octanol–water partition coefficient (Wildman–Crippen LogP) is 2.47. The lowest BCUT2D eigenvalue weighted by Gasteiger charge is -2.10. The quantitative estimate of drug-likeness (QED) is 0.915. The number of benzene rings is 1. The number of hydrogen-bond acceptors (Lipinski definition) is 4. The normalized spacial score (nSPS) is 10.5. The molecule has 0 fully saturated rings. The molecule has 2 rings (SSSR count). The molecule has 2 aromatic rings. The number of aliphatic hydroxyl groups excluding tert-OH is 1. The maximum Gasteiger partial charge on any atom is 0.132 e. The van der Waals surface area contributed by atoms with Crippen molar-refractivity contribution in [2.75, 3.05) is 0 Å². The van der Waals surface area contributed by atoms with E-state index < -0.39 is 0 Å². The molecular formula is C15H18N2O2. The third kappa shape index (κ3) is 3.29. The molecule has 0 atom stereocenters. The van der Waals surface area contributed by atoms with Crippen LogP contribution in [0.3, 0.4) is 0 Å². The van der Waals surface area contributed by atoms with Gasteiger partial charge in [-0.2, -0.15) is 0 Å². The minimum absolute atomic E-state index is 0.0437. The summed E-state index contributed by atoms with van der Waals surface area (Å²) >= 11 is 0. The number of aromatic nitrogens is 2. The summed E-state index contributed by atoms with van der Waals surface area (Å²) in [5.41, 5.74) is 4.51. The topological polar surface area (TPSA) is 55.2 Å². The van der Waals surface area contributed by atoms with Crippen LogP contribution in [-0.4, -0.2) is 15.1 Å². The molecular weight excluding hydrogens is 240 g/mol. The van der Waals surface area contributed by atoms with Gasteiger partial charge in [0, 0.05) is 0 Å². The zero-order chi connectivity index (χ0) is 13.8. The van der Waals surface area contributed by atoms with Crippen LogP contribution in [-0.2, 0) is 13.2 Å². The molecule has 0 saturated carbocycles. The van der Waals surface area contributed by atoms with Crippen LogP contribution in [0.5, 0.6) is 5.75 Å². The van der Waals surface area contributed by atoms with Crippen LogP contribution in [0.25, 0.3) is 0 Å². The molecule has 1 N–H and O–H groups in total. The van der Waals surface area contributed by atoms with E-state index >= 15 is 0 Å². The fraction of sp³-hybridized carbons (Fsp3) is 0.333. The van der Waals surface area contributed by atoms with Crippen LogP contribution >= 0.6 is 0 Å². The van der Waals surface area contributed by atoms with E-state index in [4.69, 9.17) is 9.84 Å². The average molecular weight is 258 g/mol. The van der Waals surface area contributed by atoms with E-state index in [1.54, 1.807) is 0 Å². The lowest BCUT2D eigenvalue weighted by atomic mass is 10.2. The zero-order valence-corrected chi connectivity index (χ0v) is 11.5. The fourth-order valence-electron chi connectivity index (χ4n) is 1.74. The minimum atomic E-state index is 0.0437. The molecule has 0 saturated heterocycles. The van der Waals surface area contributed by atoms with Crippen LogP contribution in [0, 0.1) is 20.8 Å². The van der Waals surface area contributed by atoms with E-state index in [0.717, 1.165) is 34.1 Å². The van der Waals surface area contributed by atoms with Crippen LogP contribution in [0.2, 0.25) is 0 Å². The van der Waals surface area contributed by atoms with Crippen molar-refractivity contribution in [2.24, 2.45) is 0 Å². The Morgan fingerprint density at radius 3 is 2.21 bits per heavy atom. The van der Waals surface area contributed by atoms with Crippen molar-refractivity contribution in [1.82, 2.24) is 9.97 Å². The lowest BCUT2D eigenvalue weighted by Crippen LogP contribution is -2.06. The molecule has 1 aromatic carbocycles. The van der Waals surface area contributed by atoms with Gasteiger partial charge < -0.3 is 9.84 Å². The van der Waals surface area contributed by atoms with Crippen LogP contribution in [0.4, 0.5) is 0 Å². The molecule has 0 unspecified atom stereocenters. The highest BCUT2D eigenvalue weighted by atomic mass is 16.5. The van der Waals surface area contributed by atoms with Gasteiger partial charge in [0.05, 0.1) is 29.4 Å².